The van der Waals surface area contributed by atoms with Crippen LogP contribution in [0.15, 0.2) is 0 Å². The van der Waals surface area contributed by atoms with Crippen molar-refractivity contribution >= 4 is 28.5 Å². The van der Waals surface area contributed by atoms with E-state index in [1.807, 2.05) is 0 Å². The van der Waals surface area contributed by atoms with E-state index in [0.717, 1.165) is 0 Å². The number of hydrogen-bond acceptors (Lipinski definition) is 3. The second-order valence-corrected chi connectivity index (χ2v) is 6.11. The predicted molar refractivity (Wildman–Crippen MR) is 71.5 cm³/mol. The molecule has 0 aromatic rings. The molecule has 0 amide bonds. The highest BCUT2D eigenvalue weighted by Gasteiger charge is 2.38. The second kappa shape index (κ2) is 6.70. The number of ether oxygens (including phenoxy) is 1. The molecule has 5 heteroatoms. The van der Waals surface area contributed by atoms with Gasteiger partial charge in [-0.2, -0.15) is 0 Å². The lowest BCUT2D eigenvalue weighted by Crippen LogP contribution is -2.47. The van der Waals surface area contributed by atoms with Crippen LogP contribution in [-0.4, -0.2) is 32.0 Å². The maximum Gasteiger partial charge on any atom is 0.210 e. The molecular weight excluding hydrogens is 326 g/mol. The molecule has 0 radical (unpaired) electrons. The van der Waals surface area contributed by atoms with Crippen molar-refractivity contribution in [2.24, 2.45) is 17.8 Å². The summed E-state index contributed by atoms with van der Waals surface area (Å²) in [5, 5.41) is 4.47. The first-order valence-electron chi connectivity index (χ1n) is 5.73. The van der Waals surface area contributed by atoms with Crippen LogP contribution in [0.4, 0.5) is 0 Å². The zero-order valence-electron chi connectivity index (χ0n) is 10.4. The lowest BCUT2D eigenvalue weighted by Gasteiger charge is -2.43. The summed E-state index contributed by atoms with van der Waals surface area (Å²) in [6.07, 6.45) is 0.156. The van der Waals surface area contributed by atoms with Crippen LogP contribution >= 0.6 is 28.5 Å². The molecule has 0 spiro atoms. The maximum absolute atomic E-state index is 6.84. The van der Waals surface area contributed by atoms with E-state index >= 15 is 0 Å². The molecule has 1 aliphatic rings. The Morgan fingerprint density at radius 3 is 2.60 bits per heavy atom. The monoisotopic (exact) mass is 347 g/mol. The van der Waals surface area contributed by atoms with Gasteiger partial charge in [0.15, 0.2) is 0 Å². The van der Waals surface area contributed by atoms with Crippen LogP contribution in [0.2, 0.25) is 0 Å². The fourth-order valence-corrected chi connectivity index (χ4v) is 2.89. The number of hydrogen-bond donors (Lipinski definition) is 1. The molecule has 0 saturated carbocycles. The van der Waals surface area contributed by atoms with E-state index in [4.69, 9.17) is 10.7 Å². The number of halogens is 1. The smallest absolute Gasteiger partial charge is 0.210 e. The van der Waals surface area contributed by atoms with Crippen molar-refractivity contribution in [1.82, 2.24) is 0 Å². The lowest BCUT2D eigenvalue weighted by atomic mass is 9.77. The minimum atomic E-state index is 0.0230. The van der Waals surface area contributed by atoms with Crippen molar-refractivity contribution in [1.29, 1.82) is 1.43 Å². The first-order chi connectivity index (χ1) is 7.61. The summed E-state index contributed by atoms with van der Waals surface area (Å²) in [6, 6.07) is 0. The van der Waals surface area contributed by atoms with E-state index in [9.17, 15) is 0 Å². The lowest BCUT2D eigenvalue weighted by molar-refractivity contribution is -0.156. The van der Waals surface area contributed by atoms with E-state index in [2.05, 4.69) is 47.9 Å². The normalized spacial score (nSPS) is 43.5. The van der Waals surface area contributed by atoms with E-state index in [0.29, 0.717) is 37.4 Å². The molecule has 2 unspecified atom stereocenters. The van der Waals surface area contributed by atoms with Crippen LogP contribution in [-0.2, 0) is 9.26 Å². The molecule has 3 nitrogen and oxygen atoms in total. The Kier molecular flexibility index (Phi) is 5.58. The summed E-state index contributed by atoms with van der Waals surface area (Å²) >= 11 is 2.22. The van der Waals surface area contributed by atoms with Crippen LogP contribution in [0.1, 0.15) is 20.8 Å². The van der Waals surface area contributed by atoms with E-state index in [-0.39, 0.29) is 12.2 Å². The van der Waals surface area contributed by atoms with Crippen LogP contribution in [0.3, 0.4) is 0 Å². The van der Waals surface area contributed by atoms with Crippen molar-refractivity contribution in [3.05, 3.63) is 0 Å². The SMILES string of the molecule is [2H]OCC1O[C@H](COPI)[C@H](C)[C@H](C)[C@H]1C. The summed E-state index contributed by atoms with van der Waals surface area (Å²) in [6.45, 7) is 8.09. The zero-order chi connectivity index (χ0) is 12.1. The fourth-order valence-electron chi connectivity index (χ4n) is 2.12. The third-order valence-electron chi connectivity index (χ3n) is 3.65. The zero-order valence-corrected chi connectivity index (χ0v) is 12.6. The molecule has 1 saturated heterocycles. The number of aliphatic hydroxyl groups excluding tert-OH is 1. The summed E-state index contributed by atoms with van der Waals surface area (Å²) < 4.78 is 18.2. The largest absolute Gasteiger partial charge is 0.394 e. The molecule has 0 bridgehead atoms. The Hall–Kier alpha value is 1.04. The Labute approximate surface area is 108 Å². The maximum atomic E-state index is 6.84. The van der Waals surface area contributed by atoms with Gasteiger partial charge >= 0.3 is 0 Å². The van der Waals surface area contributed by atoms with Gasteiger partial charge in [0.05, 0.1) is 31.9 Å². The minimum absolute atomic E-state index is 0.0230. The summed E-state index contributed by atoms with van der Waals surface area (Å²) in [5.41, 5.74) is 0. The van der Waals surface area contributed by atoms with Gasteiger partial charge in [0, 0.05) is 0 Å². The van der Waals surface area contributed by atoms with Gasteiger partial charge in [-0.15, -0.1) is 0 Å². The predicted octanol–water partition coefficient (Wildman–Crippen LogP) is 2.61. The van der Waals surface area contributed by atoms with E-state index in [1.54, 1.807) is 0 Å². The van der Waals surface area contributed by atoms with Crippen LogP contribution in [0.25, 0.3) is 0 Å². The Morgan fingerprint density at radius 2 is 2.00 bits per heavy atom. The highest BCUT2D eigenvalue weighted by atomic mass is 127. The summed E-state index contributed by atoms with van der Waals surface area (Å²) in [5.74, 6) is 1.49. The third-order valence-corrected chi connectivity index (χ3v) is 4.86. The van der Waals surface area contributed by atoms with Crippen molar-refractivity contribution in [2.75, 3.05) is 13.2 Å². The number of aliphatic hydroxyl groups is 1. The molecule has 1 rings (SSSR count). The summed E-state index contributed by atoms with van der Waals surface area (Å²) in [7, 11) is 0. The van der Waals surface area contributed by atoms with Gasteiger partial charge in [-0.3, -0.25) is 0 Å². The molecule has 1 N–H and O–H groups in total. The topological polar surface area (TPSA) is 38.7 Å². The average Bonchev–Trinajstić information content (AvgIpc) is 2.28. The molecule has 1 heterocycles. The van der Waals surface area contributed by atoms with Crippen LogP contribution in [0, 0.1) is 17.8 Å². The molecule has 0 aliphatic carbocycles. The molecule has 15 heavy (non-hydrogen) atoms. The van der Waals surface area contributed by atoms with Gasteiger partial charge < -0.3 is 14.4 Å². The molecule has 1 aliphatic heterocycles. The molecular formula is C10H20IO3P. The quantitative estimate of drug-likeness (QED) is 0.614. The fraction of sp³-hybridized carbons (Fsp3) is 1.00. The molecule has 1 fully saturated rings. The average molecular weight is 347 g/mol. The third kappa shape index (κ3) is 3.50. The van der Waals surface area contributed by atoms with Gasteiger partial charge in [-0.25, -0.2) is 0 Å². The Morgan fingerprint density at radius 1 is 1.33 bits per heavy atom. The Bertz CT molecular complexity index is 209. The molecule has 90 valence electrons. The Balaban J connectivity index is 2.57. The minimum Gasteiger partial charge on any atom is -0.394 e. The second-order valence-electron chi connectivity index (χ2n) is 4.35. The van der Waals surface area contributed by atoms with Gasteiger partial charge in [0.2, 0.25) is 1.43 Å². The highest BCUT2D eigenvalue weighted by molar-refractivity contribution is 14.2. The van der Waals surface area contributed by atoms with Gasteiger partial charge in [-0.05, 0) is 39.8 Å². The van der Waals surface area contributed by atoms with Gasteiger partial charge in [0.1, 0.15) is 0 Å². The first kappa shape index (κ1) is 12.5. The highest BCUT2D eigenvalue weighted by Crippen LogP contribution is 2.36. The van der Waals surface area contributed by atoms with Crippen molar-refractivity contribution in [2.45, 2.75) is 33.0 Å². The van der Waals surface area contributed by atoms with Crippen LogP contribution in [0.5, 0.6) is 0 Å². The molecule has 0 aromatic heterocycles. The first-order valence-corrected chi connectivity index (χ1v) is 9.35. The van der Waals surface area contributed by atoms with Crippen molar-refractivity contribution in [3.8, 4) is 0 Å². The van der Waals surface area contributed by atoms with Gasteiger partial charge in [-0.1, -0.05) is 20.8 Å². The van der Waals surface area contributed by atoms with E-state index in [1.165, 1.54) is 0 Å². The van der Waals surface area contributed by atoms with Crippen LogP contribution < -0.4 is 0 Å². The number of rotatable bonds is 5. The van der Waals surface area contributed by atoms with Gasteiger partial charge in [0.25, 0.3) is 0 Å². The standard InChI is InChI=1S/C10H20IO3P/c1-6-7(2)9(4-12)14-10(8(6)3)5-13-15-11/h6-10,12,15H,4-5H2,1-3H3/t6-,7-,8-,9?,10-/m1/s1/i12D. The molecule has 0 aromatic carbocycles. The summed E-state index contributed by atoms with van der Waals surface area (Å²) in [4.78, 5) is 0. The molecule has 6 atom stereocenters. The van der Waals surface area contributed by atoms with E-state index < -0.39 is 0 Å². The van der Waals surface area contributed by atoms with Crippen molar-refractivity contribution in [3.63, 3.8) is 0 Å². The van der Waals surface area contributed by atoms with Crippen molar-refractivity contribution < 1.29 is 14.4 Å².